The first kappa shape index (κ1) is 15.5. The van der Waals surface area contributed by atoms with Gasteiger partial charge in [-0.15, -0.1) is 6.58 Å². The van der Waals surface area contributed by atoms with Gasteiger partial charge in [-0.2, -0.15) is 11.8 Å². The van der Waals surface area contributed by atoms with E-state index in [9.17, 15) is 4.39 Å². The summed E-state index contributed by atoms with van der Waals surface area (Å²) >= 11 is 1.78. The number of hydrogen-bond donors (Lipinski definition) is 3. The molecule has 0 fully saturated rings. The number of benzene rings is 1. The van der Waals surface area contributed by atoms with Crippen LogP contribution in [0.1, 0.15) is 11.1 Å². The van der Waals surface area contributed by atoms with Crippen LogP contribution in [0, 0.1) is 5.82 Å². The highest BCUT2D eigenvalue weighted by atomic mass is 32.2. The highest BCUT2D eigenvalue weighted by molar-refractivity contribution is 7.99. The lowest BCUT2D eigenvalue weighted by molar-refractivity contribution is 0.318. The van der Waals surface area contributed by atoms with Gasteiger partial charge in [0.2, 0.25) is 0 Å². The van der Waals surface area contributed by atoms with Crippen LogP contribution in [0.3, 0.4) is 0 Å². The van der Waals surface area contributed by atoms with Gasteiger partial charge in [-0.1, -0.05) is 17.3 Å². The Bertz CT molecular complexity index is 452. The number of amidine groups is 1. The van der Waals surface area contributed by atoms with Gasteiger partial charge in [0.15, 0.2) is 5.84 Å². The number of hydrogen-bond acceptors (Lipinski definition) is 4. The summed E-state index contributed by atoms with van der Waals surface area (Å²) in [6.07, 6.45) is 1.86. The zero-order valence-corrected chi connectivity index (χ0v) is 11.4. The molecule has 0 aliphatic heterocycles. The van der Waals surface area contributed by atoms with Gasteiger partial charge in [0.1, 0.15) is 5.82 Å². The number of nitrogens with one attached hydrogen (secondary N) is 1. The molecule has 0 saturated carbocycles. The zero-order valence-electron chi connectivity index (χ0n) is 10.6. The predicted molar refractivity (Wildman–Crippen MR) is 78.1 cm³/mol. The lowest BCUT2D eigenvalue weighted by atomic mass is 10.1. The smallest absolute Gasteiger partial charge is 0.170 e. The average molecular weight is 283 g/mol. The third-order valence-electron chi connectivity index (χ3n) is 2.43. The molecule has 0 aliphatic carbocycles. The van der Waals surface area contributed by atoms with Gasteiger partial charge in [0.25, 0.3) is 0 Å². The molecule has 0 saturated heterocycles. The minimum atomic E-state index is -0.410. The zero-order chi connectivity index (χ0) is 14.1. The Morgan fingerprint density at radius 1 is 1.58 bits per heavy atom. The highest BCUT2D eigenvalue weighted by Gasteiger charge is 2.08. The van der Waals surface area contributed by atoms with Crippen LogP contribution in [0.5, 0.6) is 0 Å². The first-order chi connectivity index (χ1) is 9.19. The van der Waals surface area contributed by atoms with Crippen LogP contribution < -0.4 is 11.1 Å². The first-order valence-corrected chi connectivity index (χ1v) is 7.00. The summed E-state index contributed by atoms with van der Waals surface area (Å²) in [5, 5.41) is 14.8. The molecule has 0 aromatic heterocycles. The Morgan fingerprint density at radius 3 is 3.05 bits per heavy atom. The van der Waals surface area contributed by atoms with Crippen molar-refractivity contribution in [2.24, 2.45) is 10.9 Å². The molecule has 0 unspecified atom stereocenters. The molecule has 0 amide bonds. The second-order valence-corrected chi connectivity index (χ2v) is 4.98. The van der Waals surface area contributed by atoms with E-state index < -0.39 is 5.82 Å². The highest BCUT2D eigenvalue weighted by Crippen LogP contribution is 2.11. The molecule has 0 atom stereocenters. The Labute approximate surface area is 116 Å². The molecule has 4 N–H and O–H groups in total. The average Bonchev–Trinajstić information content (AvgIpc) is 2.43. The molecule has 0 radical (unpaired) electrons. The van der Waals surface area contributed by atoms with Crippen molar-refractivity contribution >= 4 is 17.6 Å². The number of nitrogens with zero attached hydrogens (tertiary/aromatic N) is 1. The normalized spacial score (nSPS) is 11.5. The largest absolute Gasteiger partial charge is 0.409 e. The summed E-state index contributed by atoms with van der Waals surface area (Å²) < 4.78 is 13.1. The summed E-state index contributed by atoms with van der Waals surface area (Å²) in [7, 11) is 0. The molecule has 1 rings (SSSR count). The molecule has 1 aromatic carbocycles. The molecular formula is C13H18FN3OS. The minimum absolute atomic E-state index is 0.0858. The van der Waals surface area contributed by atoms with E-state index in [0.29, 0.717) is 12.1 Å². The van der Waals surface area contributed by atoms with Crippen molar-refractivity contribution in [3.05, 3.63) is 47.8 Å². The maximum atomic E-state index is 13.1. The minimum Gasteiger partial charge on any atom is -0.409 e. The molecule has 0 aliphatic rings. The van der Waals surface area contributed by atoms with Gasteiger partial charge in [0, 0.05) is 30.2 Å². The summed E-state index contributed by atoms with van der Waals surface area (Å²) in [5.41, 5.74) is 6.73. The third kappa shape index (κ3) is 5.32. The second-order valence-electron chi connectivity index (χ2n) is 3.83. The fourth-order valence-electron chi connectivity index (χ4n) is 1.53. The standard InChI is InChI=1S/C13H18FN3OS/c1-2-6-19-7-5-16-9-10-3-4-11(14)8-12(10)13(15)17-18/h2-4,8,16,18H,1,5-7,9H2,(H2,15,17). The molecule has 0 spiro atoms. The van der Waals surface area contributed by atoms with E-state index in [0.717, 1.165) is 23.6 Å². The Balaban J connectivity index is 2.55. The molecule has 6 heteroatoms. The van der Waals surface area contributed by atoms with Crippen LogP contribution in [0.15, 0.2) is 36.0 Å². The van der Waals surface area contributed by atoms with Crippen molar-refractivity contribution < 1.29 is 9.60 Å². The van der Waals surface area contributed by atoms with E-state index in [1.807, 2.05) is 6.08 Å². The van der Waals surface area contributed by atoms with Gasteiger partial charge in [-0.25, -0.2) is 4.39 Å². The maximum Gasteiger partial charge on any atom is 0.170 e. The summed E-state index contributed by atoms with van der Waals surface area (Å²) in [5.74, 6) is 1.39. The Morgan fingerprint density at radius 2 is 2.37 bits per heavy atom. The monoisotopic (exact) mass is 283 g/mol. The molecule has 19 heavy (non-hydrogen) atoms. The fraction of sp³-hybridized carbons (Fsp3) is 0.308. The molecule has 104 valence electrons. The van der Waals surface area contributed by atoms with Crippen molar-refractivity contribution in [1.82, 2.24) is 5.32 Å². The van der Waals surface area contributed by atoms with Gasteiger partial charge in [0.05, 0.1) is 0 Å². The van der Waals surface area contributed by atoms with Crippen LogP contribution in [0.2, 0.25) is 0 Å². The van der Waals surface area contributed by atoms with Gasteiger partial charge < -0.3 is 16.3 Å². The fourth-order valence-corrected chi connectivity index (χ4v) is 2.15. The van der Waals surface area contributed by atoms with E-state index in [-0.39, 0.29) is 5.84 Å². The summed E-state index contributed by atoms with van der Waals surface area (Å²) in [6, 6.07) is 4.25. The number of halogens is 1. The lowest BCUT2D eigenvalue weighted by Crippen LogP contribution is -2.21. The van der Waals surface area contributed by atoms with E-state index in [1.165, 1.54) is 12.1 Å². The van der Waals surface area contributed by atoms with Gasteiger partial charge in [-0.05, 0) is 17.7 Å². The number of oxime groups is 1. The van der Waals surface area contributed by atoms with Crippen LogP contribution >= 0.6 is 11.8 Å². The van der Waals surface area contributed by atoms with Crippen molar-refractivity contribution in [2.45, 2.75) is 6.54 Å². The number of nitrogens with two attached hydrogens (primary N) is 1. The van der Waals surface area contributed by atoms with E-state index in [1.54, 1.807) is 17.8 Å². The first-order valence-electron chi connectivity index (χ1n) is 5.84. The topological polar surface area (TPSA) is 70.6 Å². The number of thioether (sulfide) groups is 1. The van der Waals surface area contributed by atoms with Crippen LogP contribution in [0.4, 0.5) is 4.39 Å². The van der Waals surface area contributed by atoms with Crippen molar-refractivity contribution in [3.8, 4) is 0 Å². The van der Waals surface area contributed by atoms with Crippen molar-refractivity contribution in [1.29, 1.82) is 0 Å². The van der Waals surface area contributed by atoms with Crippen LogP contribution in [-0.2, 0) is 6.54 Å². The maximum absolute atomic E-state index is 13.1. The van der Waals surface area contributed by atoms with E-state index in [2.05, 4.69) is 17.1 Å². The molecular weight excluding hydrogens is 265 g/mol. The van der Waals surface area contributed by atoms with Gasteiger partial charge in [-0.3, -0.25) is 0 Å². The summed E-state index contributed by atoms with van der Waals surface area (Å²) in [6.45, 7) is 5.01. The van der Waals surface area contributed by atoms with Crippen molar-refractivity contribution in [2.75, 3.05) is 18.1 Å². The Hall–Kier alpha value is -1.53. The third-order valence-corrected chi connectivity index (χ3v) is 3.39. The second kappa shape index (κ2) is 8.55. The molecule has 0 bridgehead atoms. The Kier molecular flexibility index (Phi) is 6.99. The quantitative estimate of drug-likeness (QED) is 0.170. The SMILES string of the molecule is C=CCSCCNCc1ccc(F)cc1/C(N)=N\O. The number of rotatable bonds is 8. The molecule has 4 nitrogen and oxygen atoms in total. The molecule has 0 heterocycles. The summed E-state index contributed by atoms with van der Waals surface area (Å²) in [4.78, 5) is 0. The van der Waals surface area contributed by atoms with E-state index in [4.69, 9.17) is 10.9 Å². The van der Waals surface area contributed by atoms with Crippen molar-refractivity contribution in [3.63, 3.8) is 0 Å². The molecule has 1 aromatic rings. The van der Waals surface area contributed by atoms with Gasteiger partial charge >= 0.3 is 0 Å². The lowest BCUT2D eigenvalue weighted by Gasteiger charge is -2.09. The van der Waals surface area contributed by atoms with E-state index >= 15 is 0 Å². The predicted octanol–water partition coefficient (Wildman–Crippen LogP) is 1.93. The van der Waals surface area contributed by atoms with Crippen LogP contribution in [0.25, 0.3) is 0 Å². The van der Waals surface area contributed by atoms with Crippen LogP contribution in [-0.4, -0.2) is 29.1 Å².